The standard InChI is InChI=1S/C12H15BrN2O4/c1-2-3-10(12(16)17)14-7-8-4-5-9(13)6-11(8)15(18)19/h4-6,10,14H,2-3,7H2,1H3,(H,16,17). The minimum Gasteiger partial charge on any atom is -0.480 e. The van der Waals surface area contributed by atoms with Gasteiger partial charge in [0.15, 0.2) is 0 Å². The first-order chi connectivity index (χ1) is 8.95. The molecule has 0 spiro atoms. The molecule has 0 aliphatic carbocycles. The van der Waals surface area contributed by atoms with Gasteiger partial charge in [-0.3, -0.25) is 14.9 Å². The van der Waals surface area contributed by atoms with Crippen LogP contribution in [-0.4, -0.2) is 22.0 Å². The van der Waals surface area contributed by atoms with Gasteiger partial charge in [0.1, 0.15) is 6.04 Å². The first kappa shape index (κ1) is 15.6. The fourth-order valence-electron chi connectivity index (χ4n) is 1.69. The van der Waals surface area contributed by atoms with E-state index in [2.05, 4.69) is 21.2 Å². The zero-order valence-corrected chi connectivity index (χ0v) is 12.0. The largest absolute Gasteiger partial charge is 0.480 e. The van der Waals surface area contributed by atoms with Crippen LogP contribution in [0.25, 0.3) is 0 Å². The van der Waals surface area contributed by atoms with Crippen molar-refractivity contribution in [3.05, 3.63) is 38.3 Å². The molecule has 7 heteroatoms. The summed E-state index contributed by atoms with van der Waals surface area (Å²) in [6.07, 6.45) is 1.21. The molecule has 0 saturated heterocycles. The lowest BCUT2D eigenvalue weighted by atomic mass is 10.1. The number of carbonyl (C=O) groups is 1. The van der Waals surface area contributed by atoms with Crippen LogP contribution in [0.3, 0.4) is 0 Å². The summed E-state index contributed by atoms with van der Waals surface area (Å²) in [6, 6.07) is 4.03. The van der Waals surface area contributed by atoms with Crippen LogP contribution in [0.1, 0.15) is 25.3 Å². The summed E-state index contributed by atoms with van der Waals surface area (Å²) < 4.78 is 0.617. The summed E-state index contributed by atoms with van der Waals surface area (Å²) in [5.41, 5.74) is 0.443. The van der Waals surface area contributed by atoms with E-state index in [0.29, 0.717) is 16.5 Å². The Kier molecular flexibility index (Phi) is 5.91. The zero-order valence-electron chi connectivity index (χ0n) is 10.4. The van der Waals surface area contributed by atoms with Gasteiger partial charge < -0.3 is 10.4 Å². The topological polar surface area (TPSA) is 92.5 Å². The fraction of sp³-hybridized carbons (Fsp3) is 0.417. The Bertz CT molecular complexity index is 479. The predicted octanol–water partition coefficient (Wildman–Crippen LogP) is 2.70. The maximum absolute atomic E-state index is 11.0. The van der Waals surface area contributed by atoms with E-state index < -0.39 is 16.9 Å². The van der Waals surface area contributed by atoms with Gasteiger partial charge in [-0.25, -0.2) is 0 Å². The van der Waals surface area contributed by atoms with Crippen LogP contribution in [-0.2, 0) is 11.3 Å². The van der Waals surface area contributed by atoms with Gasteiger partial charge >= 0.3 is 5.97 Å². The number of carboxylic acids is 1. The number of nitro benzene ring substituents is 1. The van der Waals surface area contributed by atoms with E-state index in [1.54, 1.807) is 12.1 Å². The molecule has 0 bridgehead atoms. The molecule has 6 nitrogen and oxygen atoms in total. The highest BCUT2D eigenvalue weighted by molar-refractivity contribution is 9.10. The molecule has 0 amide bonds. The highest BCUT2D eigenvalue weighted by atomic mass is 79.9. The van der Waals surface area contributed by atoms with Crippen molar-refractivity contribution in [3.63, 3.8) is 0 Å². The summed E-state index contributed by atoms with van der Waals surface area (Å²) in [6.45, 7) is 2.04. The second kappa shape index (κ2) is 7.20. The SMILES string of the molecule is CCCC(NCc1ccc(Br)cc1[N+](=O)[O-])C(=O)O. The van der Waals surface area contributed by atoms with E-state index in [0.717, 1.165) is 6.42 Å². The van der Waals surface area contributed by atoms with Crippen molar-refractivity contribution in [3.8, 4) is 0 Å². The Balaban J connectivity index is 2.82. The molecule has 1 rings (SSSR count). The lowest BCUT2D eigenvalue weighted by molar-refractivity contribution is -0.385. The maximum Gasteiger partial charge on any atom is 0.320 e. The lowest BCUT2D eigenvalue weighted by Gasteiger charge is -2.13. The molecule has 19 heavy (non-hydrogen) atoms. The number of halogens is 1. The van der Waals surface area contributed by atoms with Crippen LogP contribution in [0.15, 0.2) is 22.7 Å². The minimum atomic E-state index is -0.943. The van der Waals surface area contributed by atoms with Gasteiger partial charge in [-0.15, -0.1) is 0 Å². The number of carboxylic acid groups (broad SMARTS) is 1. The molecule has 1 aromatic rings. The van der Waals surface area contributed by atoms with Crippen molar-refractivity contribution in [1.29, 1.82) is 0 Å². The van der Waals surface area contributed by atoms with Crippen LogP contribution in [0.2, 0.25) is 0 Å². The monoisotopic (exact) mass is 330 g/mol. The number of hydrogen-bond acceptors (Lipinski definition) is 4. The molecule has 1 atom stereocenters. The third-order valence-corrected chi connectivity index (χ3v) is 3.15. The number of rotatable bonds is 7. The molecule has 0 saturated carbocycles. The molecule has 1 aromatic carbocycles. The second-order valence-electron chi connectivity index (χ2n) is 4.09. The van der Waals surface area contributed by atoms with Gasteiger partial charge in [-0.05, 0) is 18.6 Å². The van der Waals surface area contributed by atoms with Gasteiger partial charge in [0, 0.05) is 22.6 Å². The molecular weight excluding hydrogens is 316 g/mol. The fourth-order valence-corrected chi connectivity index (χ4v) is 2.04. The first-order valence-corrected chi connectivity index (χ1v) is 6.64. The molecule has 0 aromatic heterocycles. The van der Waals surface area contributed by atoms with Crippen LogP contribution in [0, 0.1) is 10.1 Å². The normalized spacial score (nSPS) is 12.1. The highest BCUT2D eigenvalue weighted by Crippen LogP contribution is 2.23. The lowest BCUT2D eigenvalue weighted by Crippen LogP contribution is -2.36. The first-order valence-electron chi connectivity index (χ1n) is 5.84. The van der Waals surface area contributed by atoms with E-state index >= 15 is 0 Å². The van der Waals surface area contributed by atoms with Gasteiger partial charge in [-0.1, -0.05) is 29.3 Å². The van der Waals surface area contributed by atoms with Gasteiger partial charge in [0.05, 0.1) is 4.92 Å². The average molecular weight is 331 g/mol. The Hall–Kier alpha value is -1.47. The third-order valence-electron chi connectivity index (χ3n) is 2.66. The molecule has 1 unspecified atom stereocenters. The number of aliphatic carboxylic acids is 1. The van der Waals surface area contributed by atoms with Gasteiger partial charge in [0.2, 0.25) is 0 Å². The van der Waals surface area contributed by atoms with Crippen molar-refractivity contribution >= 4 is 27.6 Å². The zero-order chi connectivity index (χ0) is 14.4. The van der Waals surface area contributed by atoms with Crippen molar-refractivity contribution in [2.45, 2.75) is 32.4 Å². The smallest absolute Gasteiger partial charge is 0.320 e. The molecule has 0 radical (unpaired) electrons. The summed E-state index contributed by atoms with van der Waals surface area (Å²) in [5, 5.41) is 22.8. The minimum absolute atomic E-state index is 0.0255. The second-order valence-corrected chi connectivity index (χ2v) is 5.01. The number of nitro groups is 1. The molecule has 2 N–H and O–H groups in total. The molecule has 104 valence electrons. The average Bonchev–Trinajstić information content (AvgIpc) is 2.35. The van der Waals surface area contributed by atoms with Crippen LogP contribution in [0.4, 0.5) is 5.69 Å². The Morgan fingerprint density at radius 2 is 2.26 bits per heavy atom. The van der Waals surface area contributed by atoms with Crippen LogP contribution in [0.5, 0.6) is 0 Å². The van der Waals surface area contributed by atoms with E-state index in [9.17, 15) is 14.9 Å². The summed E-state index contributed by atoms with van der Waals surface area (Å²) in [4.78, 5) is 21.4. The Morgan fingerprint density at radius 3 is 2.79 bits per heavy atom. The predicted molar refractivity (Wildman–Crippen MR) is 74.0 cm³/mol. The van der Waals surface area contributed by atoms with Crippen molar-refractivity contribution in [2.75, 3.05) is 0 Å². The van der Waals surface area contributed by atoms with Crippen molar-refractivity contribution in [2.24, 2.45) is 0 Å². The number of hydrogen-bond donors (Lipinski definition) is 2. The van der Waals surface area contributed by atoms with Crippen LogP contribution >= 0.6 is 15.9 Å². The number of nitrogens with one attached hydrogen (secondary N) is 1. The Morgan fingerprint density at radius 1 is 1.58 bits per heavy atom. The number of nitrogens with zero attached hydrogens (tertiary/aromatic N) is 1. The summed E-state index contributed by atoms with van der Waals surface area (Å²) >= 11 is 3.17. The molecule has 0 fully saturated rings. The van der Waals surface area contributed by atoms with Crippen molar-refractivity contribution < 1.29 is 14.8 Å². The molecule has 0 aliphatic rings. The van der Waals surface area contributed by atoms with Crippen LogP contribution < -0.4 is 5.32 Å². The summed E-state index contributed by atoms with van der Waals surface area (Å²) in [5.74, 6) is -0.943. The van der Waals surface area contributed by atoms with E-state index in [1.807, 2.05) is 6.92 Å². The van der Waals surface area contributed by atoms with Gasteiger partial charge in [-0.2, -0.15) is 0 Å². The maximum atomic E-state index is 11.0. The third kappa shape index (κ3) is 4.60. The summed E-state index contributed by atoms with van der Waals surface area (Å²) in [7, 11) is 0. The van der Waals surface area contributed by atoms with E-state index in [4.69, 9.17) is 5.11 Å². The van der Waals surface area contributed by atoms with E-state index in [-0.39, 0.29) is 12.2 Å². The van der Waals surface area contributed by atoms with Crippen molar-refractivity contribution in [1.82, 2.24) is 5.32 Å². The van der Waals surface area contributed by atoms with E-state index in [1.165, 1.54) is 6.07 Å². The highest BCUT2D eigenvalue weighted by Gasteiger charge is 2.19. The Labute approximate surface area is 119 Å². The van der Waals surface area contributed by atoms with Gasteiger partial charge in [0.25, 0.3) is 5.69 Å². The molecular formula is C12H15BrN2O4. The number of benzene rings is 1. The quantitative estimate of drug-likeness (QED) is 0.592. The molecule has 0 aliphatic heterocycles. The molecule has 0 heterocycles.